The van der Waals surface area contributed by atoms with Gasteiger partial charge in [0, 0.05) is 19.2 Å². The Morgan fingerprint density at radius 1 is 1.14 bits per heavy atom. The molecule has 2 aromatic heterocycles. The SMILES string of the molecule is O=S(=O)(c1ccc(-c2ccno2)s1)N1C[C@H]2CC=CC[C@H]2C1. The first-order valence-electron chi connectivity index (χ1n) is 7.30. The highest BCUT2D eigenvalue weighted by Gasteiger charge is 2.39. The third kappa shape index (κ3) is 2.33. The van der Waals surface area contributed by atoms with Gasteiger partial charge in [-0.25, -0.2) is 8.42 Å². The Kier molecular flexibility index (Phi) is 3.43. The van der Waals surface area contributed by atoms with Crippen molar-refractivity contribution in [3.63, 3.8) is 0 Å². The summed E-state index contributed by atoms with van der Waals surface area (Å²) in [4.78, 5) is 0.786. The summed E-state index contributed by atoms with van der Waals surface area (Å²) in [5.41, 5.74) is 0. The predicted octanol–water partition coefficient (Wildman–Crippen LogP) is 2.99. The second-order valence-corrected chi connectivity index (χ2v) is 9.03. The lowest BCUT2D eigenvalue weighted by molar-refractivity contribution is 0.411. The zero-order valence-corrected chi connectivity index (χ0v) is 13.5. The number of fused-ring (bicyclic) bond motifs is 1. The summed E-state index contributed by atoms with van der Waals surface area (Å²) in [5, 5.41) is 3.66. The number of thiophene rings is 1. The molecule has 116 valence electrons. The van der Waals surface area contributed by atoms with E-state index in [1.165, 1.54) is 11.3 Å². The normalized spacial score (nSPS) is 25.5. The van der Waals surface area contributed by atoms with Crippen LogP contribution in [0.1, 0.15) is 12.8 Å². The Morgan fingerprint density at radius 3 is 2.50 bits per heavy atom. The van der Waals surface area contributed by atoms with Crippen molar-refractivity contribution in [2.75, 3.05) is 13.1 Å². The molecule has 3 heterocycles. The number of aromatic nitrogens is 1. The lowest BCUT2D eigenvalue weighted by atomic mass is 9.86. The van der Waals surface area contributed by atoms with Crippen molar-refractivity contribution >= 4 is 21.4 Å². The Labute approximate surface area is 133 Å². The van der Waals surface area contributed by atoms with E-state index >= 15 is 0 Å². The topological polar surface area (TPSA) is 63.4 Å². The molecule has 0 unspecified atom stereocenters. The van der Waals surface area contributed by atoms with Crippen LogP contribution < -0.4 is 0 Å². The van der Waals surface area contributed by atoms with E-state index in [0.717, 1.165) is 17.7 Å². The van der Waals surface area contributed by atoms with Gasteiger partial charge < -0.3 is 4.52 Å². The highest BCUT2D eigenvalue weighted by molar-refractivity contribution is 7.91. The molecular weight excluding hydrogens is 320 g/mol. The maximum absolute atomic E-state index is 12.8. The van der Waals surface area contributed by atoms with E-state index < -0.39 is 10.0 Å². The molecular formula is C15H16N2O3S2. The smallest absolute Gasteiger partial charge is 0.252 e. The second-order valence-electron chi connectivity index (χ2n) is 5.78. The fourth-order valence-corrected chi connectivity index (χ4v) is 6.20. The van der Waals surface area contributed by atoms with Crippen LogP contribution in [0.5, 0.6) is 0 Å². The van der Waals surface area contributed by atoms with Gasteiger partial charge in [0.25, 0.3) is 10.0 Å². The van der Waals surface area contributed by atoms with Crippen LogP contribution in [0, 0.1) is 11.8 Å². The van der Waals surface area contributed by atoms with Gasteiger partial charge in [0.15, 0.2) is 5.76 Å². The summed E-state index contributed by atoms with van der Waals surface area (Å²) < 4.78 is 32.8. The molecule has 2 aromatic rings. The maximum atomic E-state index is 12.8. The lowest BCUT2D eigenvalue weighted by Crippen LogP contribution is -2.28. The molecule has 1 aliphatic carbocycles. The van der Waals surface area contributed by atoms with Crippen molar-refractivity contribution in [3.8, 4) is 10.6 Å². The molecule has 0 bridgehead atoms. The molecule has 0 radical (unpaired) electrons. The molecule has 0 N–H and O–H groups in total. The molecule has 0 amide bonds. The minimum absolute atomic E-state index is 0.380. The second kappa shape index (κ2) is 5.33. The van der Waals surface area contributed by atoms with Crippen molar-refractivity contribution < 1.29 is 12.9 Å². The van der Waals surface area contributed by atoms with Crippen LogP contribution in [-0.2, 0) is 10.0 Å². The summed E-state index contributed by atoms with van der Waals surface area (Å²) in [6.45, 7) is 1.26. The molecule has 1 saturated heterocycles. The van der Waals surface area contributed by atoms with Crippen LogP contribution in [0.2, 0.25) is 0 Å². The molecule has 1 fully saturated rings. The lowest BCUT2D eigenvalue weighted by Gasteiger charge is -2.18. The van der Waals surface area contributed by atoms with Gasteiger partial charge in [0.1, 0.15) is 4.21 Å². The van der Waals surface area contributed by atoms with Gasteiger partial charge in [-0.05, 0) is 36.8 Å². The van der Waals surface area contributed by atoms with E-state index in [4.69, 9.17) is 4.52 Å². The first-order valence-corrected chi connectivity index (χ1v) is 9.56. The fraction of sp³-hybridized carbons (Fsp3) is 0.400. The summed E-state index contributed by atoms with van der Waals surface area (Å²) in [6.07, 6.45) is 7.88. The van der Waals surface area contributed by atoms with Crippen LogP contribution in [0.25, 0.3) is 10.6 Å². The van der Waals surface area contributed by atoms with Crippen molar-refractivity contribution in [2.24, 2.45) is 11.8 Å². The van der Waals surface area contributed by atoms with E-state index in [-0.39, 0.29) is 0 Å². The van der Waals surface area contributed by atoms with E-state index in [9.17, 15) is 8.42 Å². The van der Waals surface area contributed by atoms with E-state index in [1.807, 2.05) is 0 Å². The Bertz CT molecular complexity index is 777. The summed E-state index contributed by atoms with van der Waals surface area (Å²) >= 11 is 1.24. The number of rotatable bonds is 3. The van der Waals surface area contributed by atoms with Gasteiger partial charge >= 0.3 is 0 Å². The zero-order valence-electron chi connectivity index (χ0n) is 11.9. The number of nitrogens with zero attached hydrogens (tertiary/aromatic N) is 2. The standard InChI is InChI=1S/C15H16N2O3S2/c18-22(19,17-9-11-3-1-2-4-12(11)10-17)15-6-5-14(21-15)13-7-8-16-20-13/h1-2,5-8,11-12H,3-4,9-10H2/t11-,12+. The van der Waals surface area contributed by atoms with Crippen LogP contribution in [0.4, 0.5) is 0 Å². The van der Waals surface area contributed by atoms with Gasteiger partial charge in [-0.15, -0.1) is 11.3 Å². The molecule has 0 aromatic carbocycles. The van der Waals surface area contributed by atoms with E-state index in [2.05, 4.69) is 17.3 Å². The third-order valence-corrected chi connectivity index (χ3v) is 7.84. The van der Waals surface area contributed by atoms with Crippen LogP contribution in [0.15, 0.2) is 45.3 Å². The zero-order chi connectivity index (χ0) is 15.2. The van der Waals surface area contributed by atoms with Crippen molar-refractivity contribution in [1.82, 2.24) is 9.46 Å². The first kappa shape index (κ1) is 14.2. The highest BCUT2D eigenvalue weighted by atomic mass is 32.2. The van der Waals surface area contributed by atoms with E-state index in [1.54, 1.807) is 28.7 Å². The monoisotopic (exact) mass is 336 g/mol. The average Bonchev–Trinajstić information content (AvgIpc) is 3.25. The first-order chi connectivity index (χ1) is 10.6. The van der Waals surface area contributed by atoms with Crippen molar-refractivity contribution in [2.45, 2.75) is 17.1 Å². The number of allylic oxidation sites excluding steroid dienone is 2. The molecule has 1 aliphatic heterocycles. The fourth-order valence-electron chi connectivity index (χ4n) is 3.23. The summed E-state index contributed by atoms with van der Waals surface area (Å²) in [7, 11) is -3.41. The largest absolute Gasteiger partial charge is 0.355 e. The molecule has 0 spiro atoms. The molecule has 2 aliphatic rings. The van der Waals surface area contributed by atoms with E-state index in [0.29, 0.717) is 34.9 Å². The van der Waals surface area contributed by atoms with Crippen LogP contribution in [0.3, 0.4) is 0 Å². The highest BCUT2D eigenvalue weighted by Crippen LogP contribution is 2.38. The molecule has 7 heteroatoms. The maximum Gasteiger partial charge on any atom is 0.252 e. The Hall–Kier alpha value is -1.44. The minimum atomic E-state index is -3.41. The van der Waals surface area contributed by atoms with Gasteiger partial charge in [-0.2, -0.15) is 4.31 Å². The quantitative estimate of drug-likeness (QED) is 0.808. The molecule has 5 nitrogen and oxygen atoms in total. The Balaban J connectivity index is 1.59. The van der Waals surface area contributed by atoms with Crippen molar-refractivity contribution in [1.29, 1.82) is 0 Å². The van der Waals surface area contributed by atoms with Gasteiger partial charge in [-0.3, -0.25) is 0 Å². The van der Waals surface area contributed by atoms with Gasteiger partial charge in [0.2, 0.25) is 0 Å². The third-order valence-electron chi connectivity index (χ3n) is 4.44. The molecule has 2 atom stereocenters. The molecule has 4 rings (SSSR count). The average molecular weight is 336 g/mol. The molecule has 0 saturated carbocycles. The van der Waals surface area contributed by atoms with Gasteiger partial charge in [-0.1, -0.05) is 17.3 Å². The van der Waals surface area contributed by atoms with Crippen LogP contribution >= 0.6 is 11.3 Å². The minimum Gasteiger partial charge on any atom is -0.355 e. The van der Waals surface area contributed by atoms with Gasteiger partial charge in [0.05, 0.1) is 11.1 Å². The van der Waals surface area contributed by atoms with Crippen molar-refractivity contribution in [3.05, 3.63) is 36.5 Å². The summed E-state index contributed by atoms with van der Waals surface area (Å²) in [6, 6.07) is 5.18. The molecule has 22 heavy (non-hydrogen) atoms. The number of hydrogen-bond donors (Lipinski definition) is 0. The summed E-state index contributed by atoms with van der Waals surface area (Å²) in [5.74, 6) is 1.53. The number of hydrogen-bond acceptors (Lipinski definition) is 5. The predicted molar refractivity (Wildman–Crippen MR) is 83.9 cm³/mol. The Morgan fingerprint density at radius 2 is 1.86 bits per heavy atom. The number of sulfonamides is 1. The van der Waals surface area contributed by atoms with Crippen LogP contribution in [-0.4, -0.2) is 31.0 Å².